The molecular weight excluding hydrogens is 372 g/mol. The maximum absolute atomic E-state index is 10.9. The Morgan fingerprint density at radius 1 is 0.967 bits per heavy atom. The van der Waals surface area contributed by atoms with Crippen molar-refractivity contribution in [3.63, 3.8) is 0 Å². The minimum Gasteiger partial charge on any atom is -0.487 e. The van der Waals surface area contributed by atoms with Crippen LogP contribution in [0.25, 0.3) is 0 Å². The van der Waals surface area contributed by atoms with Gasteiger partial charge in [0.2, 0.25) is 0 Å². The summed E-state index contributed by atoms with van der Waals surface area (Å²) in [6, 6.07) is 24.8. The van der Waals surface area contributed by atoms with E-state index in [1.54, 1.807) is 0 Å². The van der Waals surface area contributed by atoms with Gasteiger partial charge in [-0.3, -0.25) is 0 Å². The number of benzene rings is 3. The van der Waals surface area contributed by atoms with E-state index in [1.165, 1.54) is 11.1 Å². The van der Waals surface area contributed by atoms with Crippen molar-refractivity contribution in [3.8, 4) is 5.75 Å². The van der Waals surface area contributed by atoms with Crippen LogP contribution in [0.4, 0.5) is 5.69 Å². The number of ether oxygens (including phenoxy) is 1. The number of hydrogen-bond acceptors (Lipinski definition) is 4. The van der Waals surface area contributed by atoms with Gasteiger partial charge in [-0.15, -0.1) is 0 Å². The van der Waals surface area contributed by atoms with E-state index in [1.807, 2.05) is 43.4 Å². The van der Waals surface area contributed by atoms with Crippen LogP contribution in [0.15, 0.2) is 72.8 Å². The molecule has 3 aromatic rings. The maximum atomic E-state index is 10.9. The van der Waals surface area contributed by atoms with Crippen molar-refractivity contribution in [2.45, 2.75) is 38.1 Å². The van der Waals surface area contributed by atoms with Gasteiger partial charge >= 0.3 is 0 Å². The van der Waals surface area contributed by atoms with E-state index >= 15 is 0 Å². The van der Waals surface area contributed by atoms with Gasteiger partial charge in [-0.2, -0.15) is 0 Å². The van der Waals surface area contributed by atoms with Crippen LogP contribution in [0.1, 0.15) is 34.8 Å². The minimum atomic E-state index is -0.509. The van der Waals surface area contributed by atoms with Crippen molar-refractivity contribution >= 4 is 5.69 Å². The molecular formula is C26H30N2O2. The molecule has 0 bridgehead atoms. The highest BCUT2D eigenvalue weighted by atomic mass is 16.5. The SMILES string of the molecule is CNC1CCc2c(ccc(OCc3ccccc3)c2N(C)Cc2ccccc2)C1O. The van der Waals surface area contributed by atoms with Gasteiger partial charge in [0, 0.05) is 19.6 Å². The molecule has 4 nitrogen and oxygen atoms in total. The molecule has 2 atom stereocenters. The van der Waals surface area contributed by atoms with Gasteiger partial charge in [0.15, 0.2) is 0 Å². The van der Waals surface area contributed by atoms with Gasteiger partial charge in [-0.1, -0.05) is 66.7 Å². The lowest BCUT2D eigenvalue weighted by atomic mass is 9.84. The molecule has 3 aromatic carbocycles. The third-order valence-corrected chi connectivity index (χ3v) is 5.94. The molecule has 0 aliphatic heterocycles. The third kappa shape index (κ3) is 4.35. The highest BCUT2D eigenvalue weighted by molar-refractivity contribution is 5.67. The maximum Gasteiger partial charge on any atom is 0.143 e. The fraction of sp³-hybridized carbons (Fsp3) is 0.308. The number of aliphatic hydroxyl groups is 1. The number of nitrogens with one attached hydrogen (secondary N) is 1. The molecule has 4 rings (SSSR count). The van der Waals surface area contributed by atoms with Crippen LogP contribution in [0, 0.1) is 0 Å². The van der Waals surface area contributed by atoms with Crippen LogP contribution in [0.3, 0.4) is 0 Å². The Labute approximate surface area is 179 Å². The number of anilines is 1. The molecule has 0 spiro atoms. The van der Waals surface area contributed by atoms with Crippen LogP contribution in [0.5, 0.6) is 5.75 Å². The Balaban J connectivity index is 1.68. The summed E-state index contributed by atoms with van der Waals surface area (Å²) in [5.74, 6) is 0.867. The summed E-state index contributed by atoms with van der Waals surface area (Å²) in [4.78, 5) is 2.25. The van der Waals surface area contributed by atoms with Crippen LogP contribution in [0.2, 0.25) is 0 Å². The van der Waals surface area contributed by atoms with E-state index in [9.17, 15) is 5.11 Å². The van der Waals surface area contributed by atoms with Gasteiger partial charge in [-0.05, 0) is 48.2 Å². The van der Waals surface area contributed by atoms with Gasteiger partial charge in [0.1, 0.15) is 12.4 Å². The largest absolute Gasteiger partial charge is 0.487 e. The normalized spacial score (nSPS) is 18.0. The van der Waals surface area contributed by atoms with Gasteiger partial charge in [-0.25, -0.2) is 0 Å². The minimum absolute atomic E-state index is 0.0841. The summed E-state index contributed by atoms with van der Waals surface area (Å²) in [7, 11) is 4.02. The number of fused-ring (bicyclic) bond motifs is 1. The van der Waals surface area contributed by atoms with Crippen LogP contribution in [-0.2, 0) is 19.6 Å². The Bertz CT molecular complexity index is 960. The lowest BCUT2D eigenvalue weighted by molar-refractivity contribution is 0.119. The van der Waals surface area contributed by atoms with Gasteiger partial charge in [0.05, 0.1) is 11.8 Å². The number of rotatable bonds is 7. The van der Waals surface area contributed by atoms with Gasteiger partial charge in [0.25, 0.3) is 0 Å². The highest BCUT2D eigenvalue weighted by Gasteiger charge is 2.30. The molecule has 1 aliphatic rings. The summed E-state index contributed by atoms with van der Waals surface area (Å²) >= 11 is 0. The molecule has 0 saturated heterocycles. The molecule has 0 saturated carbocycles. The molecule has 0 fully saturated rings. The average molecular weight is 403 g/mol. The quantitative estimate of drug-likeness (QED) is 0.612. The molecule has 156 valence electrons. The standard InChI is InChI=1S/C26H30N2O2/c1-27-23-15-13-21-22(26(23)29)14-16-24(30-18-20-11-7-4-8-12-20)25(21)28(2)17-19-9-5-3-6-10-19/h3-12,14,16,23,26-27,29H,13,15,17-18H2,1-2H3. The van der Waals surface area contributed by atoms with Crippen LogP contribution < -0.4 is 15.0 Å². The van der Waals surface area contributed by atoms with Crippen molar-refractivity contribution in [1.82, 2.24) is 5.32 Å². The first-order valence-corrected chi connectivity index (χ1v) is 10.6. The number of aliphatic hydroxyl groups excluding tert-OH is 1. The van der Waals surface area contributed by atoms with Crippen molar-refractivity contribution in [1.29, 1.82) is 0 Å². The molecule has 30 heavy (non-hydrogen) atoms. The Morgan fingerprint density at radius 3 is 2.30 bits per heavy atom. The Hall–Kier alpha value is -2.82. The third-order valence-electron chi connectivity index (χ3n) is 5.94. The fourth-order valence-corrected chi connectivity index (χ4v) is 4.35. The smallest absolute Gasteiger partial charge is 0.143 e. The molecule has 4 heteroatoms. The zero-order chi connectivity index (χ0) is 20.9. The summed E-state index contributed by atoms with van der Waals surface area (Å²) < 4.78 is 6.30. The number of hydrogen-bond donors (Lipinski definition) is 2. The van der Waals surface area contributed by atoms with E-state index < -0.39 is 6.10 Å². The summed E-state index contributed by atoms with van der Waals surface area (Å²) in [6.07, 6.45) is 1.30. The van der Waals surface area contributed by atoms with Gasteiger partial charge < -0.3 is 20.1 Å². The van der Waals surface area contributed by atoms with Crippen molar-refractivity contribution in [2.24, 2.45) is 0 Å². The average Bonchev–Trinajstić information content (AvgIpc) is 2.79. The second-order valence-electron chi connectivity index (χ2n) is 7.97. The first-order chi connectivity index (χ1) is 14.7. The van der Waals surface area contributed by atoms with Crippen LogP contribution >= 0.6 is 0 Å². The lowest BCUT2D eigenvalue weighted by Gasteiger charge is -2.34. The predicted molar refractivity (Wildman–Crippen MR) is 122 cm³/mol. The first-order valence-electron chi connectivity index (χ1n) is 10.6. The molecule has 0 radical (unpaired) electrons. The Morgan fingerprint density at radius 2 is 1.63 bits per heavy atom. The topological polar surface area (TPSA) is 44.7 Å². The van der Waals surface area contributed by atoms with E-state index in [4.69, 9.17) is 4.74 Å². The number of nitrogens with zero attached hydrogens (tertiary/aromatic N) is 1. The molecule has 0 amide bonds. The fourth-order valence-electron chi connectivity index (χ4n) is 4.35. The zero-order valence-electron chi connectivity index (χ0n) is 17.7. The highest BCUT2D eigenvalue weighted by Crippen LogP contribution is 2.42. The second-order valence-corrected chi connectivity index (χ2v) is 7.97. The molecule has 2 N–H and O–H groups in total. The van der Waals surface area contributed by atoms with E-state index in [2.05, 4.69) is 53.7 Å². The predicted octanol–water partition coefficient (Wildman–Crippen LogP) is 4.47. The first kappa shape index (κ1) is 20.5. The summed E-state index contributed by atoms with van der Waals surface area (Å²) in [5.41, 5.74) is 5.67. The summed E-state index contributed by atoms with van der Waals surface area (Å²) in [6.45, 7) is 1.30. The second kappa shape index (κ2) is 9.33. The zero-order valence-corrected chi connectivity index (χ0v) is 17.7. The molecule has 1 aliphatic carbocycles. The van der Waals surface area contributed by atoms with Crippen molar-refractivity contribution in [3.05, 3.63) is 95.1 Å². The van der Waals surface area contributed by atoms with Crippen molar-refractivity contribution < 1.29 is 9.84 Å². The van der Waals surface area contributed by atoms with Crippen molar-refractivity contribution in [2.75, 3.05) is 19.0 Å². The van der Waals surface area contributed by atoms with E-state index in [0.29, 0.717) is 6.61 Å². The molecule has 0 aromatic heterocycles. The van der Waals surface area contributed by atoms with E-state index in [0.717, 1.165) is 42.0 Å². The van der Waals surface area contributed by atoms with E-state index in [-0.39, 0.29) is 6.04 Å². The number of likely N-dealkylation sites (N-methyl/N-ethyl adjacent to an activating group) is 1. The molecule has 0 heterocycles. The monoisotopic (exact) mass is 402 g/mol. The summed E-state index contributed by atoms with van der Waals surface area (Å²) in [5, 5.41) is 14.1. The van der Waals surface area contributed by atoms with Crippen LogP contribution in [-0.4, -0.2) is 25.2 Å². The molecule has 2 unspecified atom stereocenters. The lowest BCUT2D eigenvalue weighted by Crippen LogP contribution is -2.36. The Kier molecular flexibility index (Phi) is 6.36.